The molecule has 2 N–H and O–H groups in total. The van der Waals surface area contributed by atoms with Gasteiger partial charge in [-0.3, -0.25) is 4.79 Å². The molecule has 3 rings (SSSR count). The summed E-state index contributed by atoms with van der Waals surface area (Å²) in [6.07, 6.45) is 0. The van der Waals surface area contributed by atoms with Crippen LogP contribution in [0.5, 0.6) is 0 Å². The molecule has 1 fully saturated rings. The molecule has 1 saturated heterocycles. The Morgan fingerprint density at radius 3 is 3.04 bits per heavy atom. The predicted molar refractivity (Wildman–Crippen MR) is 86.0 cm³/mol. The molecule has 1 aromatic carbocycles. The van der Waals surface area contributed by atoms with Crippen LogP contribution >= 0.6 is 0 Å². The number of carbonyl (C=O) groups excluding carboxylic acids is 2. The molecule has 8 nitrogen and oxygen atoms in total. The largest absolute Gasteiger partial charge is 0.353 e. The van der Waals surface area contributed by atoms with E-state index in [1.807, 2.05) is 31.2 Å². The molecule has 126 valence electrons. The smallest absolute Gasteiger partial charge is 0.318 e. The van der Waals surface area contributed by atoms with E-state index in [9.17, 15) is 9.59 Å². The van der Waals surface area contributed by atoms with Gasteiger partial charge in [0.25, 0.3) is 0 Å². The number of piperazine rings is 1. The maximum Gasteiger partial charge on any atom is 0.318 e. The normalized spacial score (nSPS) is 15.8. The first-order valence-electron chi connectivity index (χ1n) is 7.76. The zero-order valence-electron chi connectivity index (χ0n) is 13.6. The van der Waals surface area contributed by atoms with E-state index in [1.54, 1.807) is 6.92 Å². The van der Waals surface area contributed by atoms with E-state index in [0.29, 0.717) is 24.8 Å². The number of urea groups is 1. The fourth-order valence-corrected chi connectivity index (χ4v) is 2.46. The first kappa shape index (κ1) is 16.0. The SMILES string of the molecule is Cc1cccc(-c2noc([C@@H](C)NC(=O)N3CCNC(=O)C3)n2)c1. The van der Waals surface area contributed by atoms with Crippen LogP contribution in [0.25, 0.3) is 11.4 Å². The fourth-order valence-electron chi connectivity index (χ4n) is 2.46. The number of nitrogens with zero attached hydrogens (tertiary/aromatic N) is 3. The van der Waals surface area contributed by atoms with Crippen LogP contribution in [-0.4, -0.2) is 46.6 Å². The van der Waals surface area contributed by atoms with Crippen LogP contribution in [-0.2, 0) is 4.79 Å². The fraction of sp³-hybridized carbons (Fsp3) is 0.375. The molecule has 8 heteroatoms. The van der Waals surface area contributed by atoms with Crippen molar-refractivity contribution in [1.29, 1.82) is 0 Å². The maximum atomic E-state index is 12.2. The van der Waals surface area contributed by atoms with Crippen molar-refractivity contribution in [2.45, 2.75) is 19.9 Å². The minimum absolute atomic E-state index is 0.0525. The first-order valence-corrected chi connectivity index (χ1v) is 7.76. The molecule has 0 saturated carbocycles. The van der Waals surface area contributed by atoms with E-state index in [1.165, 1.54) is 4.90 Å². The lowest BCUT2D eigenvalue weighted by molar-refractivity contribution is -0.123. The van der Waals surface area contributed by atoms with Gasteiger partial charge in [0.15, 0.2) is 0 Å². The second-order valence-electron chi connectivity index (χ2n) is 5.77. The Hall–Kier alpha value is -2.90. The number of aryl methyl sites for hydroxylation is 1. The summed E-state index contributed by atoms with van der Waals surface area (Å²) < 4.78 is 5.26. The van der Waals surface area contributed by atoms with Crippen LogP contribution in [0.15, 0.2) is 28.8 Å². The quantitative estimate of drug-likeness (QED) is 0.882. The van der Waals surface area contributed by atoms with E-state index in [4.69, 9.17) is 4.52 Å². The number of aromatic nitrogens is 2. The van der Waals surface area contributed by atoms with Crippen molar-refractivity contribution < 1.29 is 14.1 Å². The van der Waals surface area contributed by atoms with Crippen molar-refractivity contribution in [2.24, 2.45) is 0 Å². The molecular weight excluding hydrogens is 310 g/mol. The monoisotopic (exact) mass is 329 g/mol. The number of carbonyl (C=O) groups is 2. The summed E-state index contributed by atoms with van der Waals surface area (Å²) in [4.78, 5) is 29.3. The third-order valence-electron chi connectivity index (χ3n) is 3.75. The maximum absolute atomic E-state index is 12.2. The van der Waals surface area contributed by atoms with Crippen molar-refractivity contribution in [2.75, 3.05) is 19.6 Å². The van der Waals surface area contributed by atoms with Crippen molar-refractivity contribution in [3.8, 4) is 11.4 Å². The lowest BCUT2D eigenvalue weighted by Crippen LogP contribution is -2.53. The Balaban J connectivity index is 1.66. The van der Waals surface area contributed by atoms with Gasteiger partial charge in [0.2, 0.25) is 17.6 Å². The summed E-state index contributed by atoms with van der Waals surface area (Å²) in [6.45, 7) is 4.73. The Morgan fingerprint density at radius 2 is 2.29 bits per heavy atom. The van der Waals surface area contributed by atoms with Crippen LogP contribution in [0.1, 0.15) is 24.4 Å². The molecule has 2 aromatic rings. The predicted octanol–water partition coefficient (Wildman–Crippen LogP) is 1.25. The van der Waals surface area contributed by atoms with Gasteiger partial charge in [-0.15, -0.1) is 0 Å². The van der Waals surface area contributed by atoms with Gasteiger partial charge < -0.3 is 20.1 Å². The molecule has 0 spiro atoms. The Kier molecular flexibility index (Phi) is 4.45. The summed E-state index contributed by atoms with van der Waals surface area (Å²) in [5.41, 5.74) is 1.96. The van der Waals surface area contributed by atoms with E-state index in [-0.39, 0.29) is 18.5 Å². The molecule has 0 bridgehead atoms. The Labute approximate surface area is 139 Å². The van der Waals surface area contributed by atoms with E-state index >= 15 is 0 Å². The lowest BCUT2D eigenvalue weighted by atomic mass is 10.1. The number of hydrogen-bond donors (Lipinski definition) is 2. The molecule has 0 unspecified atom stereocenters. The highest BCUT2D eigenvalue weighted by Gasteiger charge is 2.24. The minimum Gasteiger partial charge on any atom is -0.353 e. The highest BCUT2D eigenvalue weighted by molar-refractivity contribution is 5.85. The van der Waals surface area contributed by atoms with Crippen LogP contribution < -0.4 is 10.6 Å². The zero-order valence-corrected chi connectivity index (χ0v) is 13.6. The van der Waals surface area contributed by atoms with Gasteiger partial charge in [0.05, 0.1) is 0 Å². The van der Waals surface area contributed by atoms with E-state index < -0.39 is 6.04 Å². The van der Waals surface area contributed by atoms with Gasteiger partial charge in [-0.1, -0.05) is 28.9 Å². The lowest BCUT2D eigenvalue weighted by Gasteiger charge is -2.27. The number of benzene rings is 1. The molecule has 1 aliphatic rings. The summed E-state index contributed by atoms with van der Waals surface area (Å²) in [7, 11) is 0. The van der Waals surface area contributed by atoms with Gasteiger partial charge >= 0.3 is 6.03 Å². The van der Waals surface area contributed by atoms with Gasteiger partial charge in [0, 0.05) is 18.7 Å². The zero-order chi connectivity index (χ0) is 17.1. The number of nitrogens with one attached hydrogen (secondary N) is 2. The van der Waals surface area contributed by atoms with E-state index in [0.717, 1.165) is 11.1 Å². The minimum atomic E-state index is -0.450. The summed E-state index contributed by atoms with van der Waals surface area (Å²) in [5.74, 6) is 0.636. The molecule has 2 heterocycles. The third kappa shape index (κ3) is 3.53. The van der Waals surface area contributed by atoms with Crippen LogP contribution in [0.4, 0.5) is 4.79 Å². The highest BCUT2D eigenvalue weighted by atomic mass is 16.5. The number of rotatable bonds is 3. The van der Waals surface area contributed by atoms with Gasteiger partial charge in [-0.05, 0) is 19.9 Å². The standard InChI is InChI=1S/C16H19N5O3/c1-10-4-3-5-12(8-10)14-19-15(24-20-14)11(2)18-16(23)21-7-6-17-13(22)9-21/h3-5,8,11H,6-7,9H2,1-2H3,(H,17,22)(H,18,23)/t11-/m1/s1. The second kappa shape index (κ2) is 6.69. The second-order valence-corrected chi connectivity index (χ2v) is 5.77. The summed E-state index contributed by atoms with van der Waals surface area (Å²) in [6, 6.07) is 7.00. The molecule has 24 heavy (non-hydrogen) atoms. The van der Waals surface area contributed by atoms with Crippen LogP contribution in [0.2, 0.25) is 0 Å². The topological polar surface area (TPSA) is 100 Å². The average molecular weight is 329 g/mol. The van der Waals surface area contributed by atoms with Gasteiger partial charge in [0.1, 0.15) is 12.6 Å². The molecular formula is C16H19N5O3. The molecule has 0 radical (unpaired) electrons. The molecule has 0 aliphatic carbocycles. The Bertz CT molecular complexity index is 758. The number of hydrogen-bond acceptors (Lipinski definition) is 5. The highest BCUT2D eigenvalue weighted by Crippen LogP contribution is 2.19. The molecule has 1 aromatic heterocycles. The van der Waals surface area contributed by atoms with Crippen molar-refractivity contribution >= 4 is 11.9 Å². The van der Waals surface area contributed by atoms with Gasteiger partial charge in [-0.25, -0.2) is 4.79 Å². The average Bonchev–Trinajstić information content (AvgIpc) is 3.05. The number of amides is 3. The van der Waals surface area contributed by atoms with Crippen LogP contribution in [0, 0.1) is 6.92 Å². The van der Waals surface area contributed by atoms with E-state index in [2.05, 4.69) is 20.8 Å². The first-order chi connectivity index (χ1) is 11.5. The van der Waals surface area contributed by atoms with Crippen LogP contribution in [0.3, 0.4) is 0 Å². The summed E-state index contributed by atoms with van der Waals surface area (Å²) in [5, 5.41) is 9.42. The third-order valence-corrected chi connectivity index (χ3v) is 3.75. The van der Waals surface area contributed by atoms with Gasteiger partial charge in [-0.2, -0.15) is 4.98 Å². The Morgan fingerprint density at radius 1 is 1.46 bits per heavy atom. The molecule has 3 amide bonds. The summed E-state index contributed by atoms with van der Waals surface area (Å²) >= 11 is 0. The van der Waals surface area contributed by atoms with Crippen molar-refractivity contribution in [3.63, 3.8) is 0 Å². The van der Waals surface area contributed by atoms with Crippen molar-refractivity contribution in [3.05, 3.63) is 35.7 Å². The molecule has 1 aliphatic heterocycles. The molecule has 1 atom stereocenters. The van der Waals surface area contributed by atoms with Crippen molar-refractivity contribution in [1.82, 2.24) is 25.7 Å².